The lowest BCUT2D eigenvalue weighted by molar-refractivity contribution is 0.0698. The first kappa shape index (κ1) is 18.3. The highest BCUT2D eigenvalue weighted by molar-refractivity contribution is 5.95. The van der Waals surface area contributed by atoms with Crippen LogP contribution >= 0.6 is 0 Å². The second-order valence-electron chi connectivity index (χ2n) is 7.12. The average molecular weight is 380 g/mol. The van der Waals surface area contributed by atoms with Crippen LogP contribution in [0.25, 0.3) is 11.1 Å². The second-order valence-corrected chi connectivity index (χ2v) is 7.12. The Hall–Kier alpha value is -3.02. The molecule has 1 aromatic heterocycles. The third kappa shape index (κ3) is 3.30. The van der Waals surface area contributed by atoms with Crippen molar-refractivity contribution in [2.45, 2.75) is 25.7 Å². The van der Waals surface area contributed by atoms with Crippen molar-refractivity contribution >= 4 is 17.0 Å². The molecule has 1 amide bonds. The Kier molecular flexibility index (Phi) is 4.94. The van der Waals surface area contributed by atoms with E-state index in [2.05, 4.69) is 4.98 Å². The van der Waals surface area contributed by atoms with Crippen molar-refractivity contribution in [1.82, 2.24) is 9.88 Å². The van der Waals surface area contributed by atoms with Crippen molar-refractivity contribution in [2.75, 3.05) is 27.3 Å². The van der Waals surface area contributed by atoms with Crippen molar-refractivity contribution in [3.05, 3.63) is 53.4 Å². The summed E-state index contributed by atoms with van der Waals surface area (Å²) in [5.41, 5.74) is 3.09. The molecule has 1 aliphatic heterocycles. The number of hydrogen-bond donors (Lipinski definition) is 0. The highest BCUT2D eigenvalue weighted by Crippen LogP contribution is 2.32. The molecule has 0 N–H and O–H groups in total. The van der Waals surface area contributed by atoms with Gasteiger partial charge in [-0.15, -0.1) is 0 Å². The molecule has 0 aliphatic carbocycles. The van der Waals surface area contributed by atoms with Crippen LogP contribution in [0, 0.1) is 6.92 Å². The summed E-state index contributed by atoms with van der Waals surface area (Å²) in [6.07, 6.45) is 1.87. The fraction of sp³-hybridized carbons (Fsp3) is 0.364. The summed E-state index contributed by atoms with van der Waals surface area (Å²) in [6.45, 7) is 3.22. The van der Waals surface area contributed by atoms with Gasteiger partial charge in [0.1, 0.15) is 17.0 Å². The zero-order valence-corrected chi connectivity index (χ0v) is 16.4. The minimum absolute atomic E-state index is 0.0302. The van der Waals surface area contributed by atoms with Crippen molar-refractivity contribution in [2.24, 2.45) is 0 Å². The number of para-hydroxylation sites is 2. The molecule has 6 nitrogen and oxygen atoms in total. The van der Waals surface area contributed by atoms with E-state index in [1.807, 2.05) is 36.1 Å². The molecule has 1 aliphatic rings. The van der Waals surface area contributed by atoms with E-state index in [0.29, 0.717) is 36.0 Å². The normalized spacial score (nSPS) is 17.0. The lowest BCUT2D eigenvalue weighted by Gasteiger charge is -2.31. The number of nitrogens with zero attached hydrogens (tertiary/aromatic N) is 2. The largest absolute Gasteiger partial charge is 0.496 e. The summed E-state index contributed by atoms with van der Waals surface area (Å²) in [7, 11) is 3.19. The predicted octanol–water partition coefficient (Wildman–Crippen LogP) is 4.17. The van der Waals surface area contributed by atoms with Crippen LogP contribution in [-0.2, 0) is 0 Å². The fourth-order valence-corrected chi connectivity index (χ4v) is 3.82. The quantitative estimate of drug-likeness (QED) is 0.680. The third-order valence-corrected chi connectivity index (χ3v) is 5.37. The molecule has 3 aromatic rings. The topological polar surface area (TPSA) is 64.8 Å². The first-order valence-electron chi connectivity index (χ1n) is 9.48. The van der Waals surface area contributed by atoms with Crippen LogP contribution < -0.4 is 9.47 Å². The molecule has 28 heavy (non-hydrogen) atoms. The number of aromatic nitrogens is 1. The number of benzene rings is 2. The molecule has 1 fully saturated rings. The second kappa shape index (κ2) is 7.54. The number of rotatable bonds is 4. The van der Waals surface area contributed by atoms with Crippen LogP contribution in [0.15, 0.2) is 40.8 Å². The maximum absolute atomic E-state index is 13.2. The van der Waals surface area contributed by atoms with E-state index in [9.17, 15) is 4.79 Å². The minimum Gasteiger partial charge on any atom is -0.496 e. The number of methoxy groups -OCH3 is 2. The highest BCUT2D eigenvalue weighted by atomic mass is 16.5. The summed E-state index contributed by atoms with van der Waals surface area (Å²) < 4.78 is 16.8. The Morgan fingerprint density at radius 3 is 2.57 bits per heavy atom. The van der Waals surface area contributed by atoms with Crippen molar-refractivity contribution in [3.63, 3.8) is 0 Å². The summed E-state index contributed by atoms with van der Waals surface area (Å²) in [4.78, 5) is 19.7. The maximum Gasteiger partial charge on any atom is 0.254 e. The lowest BCUT2D eigenvalue weighted by atomic mass is 9.97. The Labute approximate surface area is 164 Å². The van der Waals surface area contributed by atoms with E-state index < -0.39 is 0 Å². The SMILES string of the molecule is COc1cc(C(=O)N2CCCC(c3nc4ccccc4o3)C2)cc(OC)c1C. The Balaban J connectivity index is 1.58. The first-order chi connectivity index (χ1) is 13.6. The standard InChI is InChI=1S/C22H24N2O4/c1-14-19(26-2)11-16(12-20(14)27-3)22(25)24-10-6-7-15(13-24)21-23-17-8-4-5-9-18(17)28-21/h4-5,8-9,11-12,15H,6-7,10,13H2,1-3H3. The zero-order valence-electron chi connectivity index (χ0n) is 16.4. The van der Waals surface area contributed by atoms with Gasteiger partial charge in [-0.05, 0) is 44.0 Å². The molecule has 146 valence electrons. The smallest absolute Gasteiger partial charge is 0.254 e. The van der Waals surface area contributed by atoms with Gasteiger partial charge in [0, 0.05) is 24.2 Å². The van der Waals surface area contributed by atoms with Gasteiger partial charge in [-0.1, -0.05) is 12.1 Å². The molecule has 2 aromatic carbocycles. The van der Waals surface area contributed by atoms with E-state index in [-0.39, 0.29) is 11.8 Å². The number of amides is 1. The van der Waals surface area contributed by atoms with Gasteiger partial charge >= 0.3 is 0 Å². The first-order valence-corrected chi connectivity index (χ1v) is 9.48. The van der Waals surface area contributed by atoms with Gasteiger partial charge in [0.05, 0.1) is 20.1 Å². The minimum atomic E-state index is -0.0302. The molecule has 0 radical (unpaired) electrons. The summed E-state index contributed by atoms with van der Waals surface area (Å²) in [5, 5.41) is 0. The van der Waals surface area contributed by atoms with Gasteiger partial charge in [-0.25, -0.2) is 4.98 Å². The number of piperidine rings is 1. The molecule has 0 bridgehead atoms. The number of carbonyl (C=O) groups is 1. The van der Waals surface area contributed by atoms with Gasteiger partial charge in [0.15, 0.2) is 11.5 Å². The Bertz CT molecular complexity index is 953. The van der Waals surface area contributed by atoms with Gasteiger partial charge < -0.3 is 18.8 Å². The zero-order chi connectivity index (χ0) is 19.7. The number of hydrogen-bond acceptors (Lipinski definition) is 5. The summed E-state index contributed by atoms with van der Waals surface area (Å²) >= 11 is 0. The molecule has 1 unspecified atom stereocenters. The van der Waals surface area contributed by atoms with Crippen LogP contribution in [0.1, 0.15) is 40.6 Å². The number of oxazole rings is 1. The van der Waals surface area contributed by atoms with Gasteiger partial charge in [0.2, 0.25) is 0 Å². The van der Waals surface area contributed by atoms with E-state index >= 15 is 0 Å². The fourth-order valence-electron chi connectivity index (χ4n) is 3.82. The number of fused-ring (bicyclic) bond motifs is 1. The molecule has 6 heteroatoms. The average Bonchev–Trinajstić information content (AvgIpc) is 3.18. The van der Waals surface area contributed by atoms with Gasteiger partial charge in [-0.3, -0.25) is 4.79 Å². The third-order valence-electron chi connectivity index (χ3n) is 5.37. The molecule has 1 saturated heterocycles. The van der Waals surface area contributed by atoms with Gasteiger partial charge in [-0.2, -0.15) is 0 Å². The summed E-state index contributed by atoms with van der Waals surface area (Å²) in [5.74, 6) is 2.07. The number of ether oxygens (including phenoxy) is 2. The van der Waals surface area contributed by atoms with Crippen molar-refractivity contribution in [1.29, 1.82) is 0 Å². The molecule has 4 rings (SSSR count). The van der Waals surface area contributed by atoms with Crippen LogP contribution in [0.5, 0.6) is 11.5 Å². The molecular formula is C22H24N2O4. The summed E-state index contributed by atoms with van der Waals surface area (Å²) in [6, 6.07) is 11.3. The van der Waals surface area contributed by atoms with E-state index in [1.54, 1.807) is 26.4 Å². The molecule has 0 saturated carbocycles. The van der Waals surface area contributed by atoms with E-state index in [0.717, 1.165) is 29.5 Å². The van der Waals surface area contributed by atoms with Gasteiger partial charge in [0.25, 0.3) is 5.91 Å². The van der Waals surface area contributed by atoms with E-state index in [4.69, 9.17) is 13.9 Å². The predicted molar refractivity (Wildman–Crippen MR) is 106 cm³/mol. The van der Waals surface area contributed by atoms with Crippen LogP contribution in [0.4, 0.5) is 0 Å². The molecule has 2 heterocycles. The Morgan fingerprint density at radius 1 is 1.18 bits per heavy atom. The number of likely N-dealkylation sites (tertiary alicyclic amines) is 1. The van der Waals surface area contributed by atoms with Crippen molar-refractivity contribution in [3.8, 4) is 11.5 Å². The maximum atomic E-state index is 13.2. The van der Waals surface area contributed by atoms with Crippen LogP contribution in [-0.4, -0.2) is 43.1 Å². The Morgan fingerprint density at radius 2 is 1.89 bits per heavy atom. The molecule has 0 spiro atoms. The monoisotopic (exact) mass is 380 g/mol. The number of carbonyl (C=O) groups excluding carboxylic acids is 1. The van der Waals surface area contributed by atoms with Crippen molar-refractivity contribution < 1.29 is 18.7 Å². The van der Waals surface area contributed by atoms with Crippen LogP contribution in [0.3, 0.4) is 0 Å². The van der Waals surface area contributed by atoms with Crippen LogP contribution in [0.2, 0.25) is 0 Å². The molecular weight excluding hydrogens is 356 g/mol. The molecule has 1 atom stereocenters. The van der Waals surface area contributed by atoms with E-state index in [1.165, 1.54) is 0 Å². The lowest BCUT2D eigenvalue weighted by Crippen LogP contribution is -2.39. The highest BCUT2D eigenvalue weighted by Gasteiger charge is 2.29.